The molecule has 0 saturated heterocycles. The van der Waals surface area contributed by atoms with Gasteiger partial charge in [0, 0.05) is 11.5 Å². The van der Waals surface area contributed by atoms with Crippen LogP contribution in [0.2, 0.25) is 0 Å². The molecule has 0 spiro atoms. The zero-order valence-corrected chi connectivity index (χ0v) is 11.8. The number of rotatable bonds is 4. The van der Waals surface area contributed by atoms with Gasteiger partial charge in [0.15, 0.2) is 0 Å². The molecular weight excluding hydrogens is 286 g/mol. The number of carbonyl (C=O) groups is 1. The van der Waals surface area contributed by atoms with E-state index < -0.39 is 5.97 Å². The van der Waals surface area contributed by atoms with Crippen molar-refractivity contribution in [2.45, 2.75) is 20.0 Å². The number of aromatic amines is 1. The monoisotopic (exact) mass is 299 g/mol. The lowest BCUT2D eigenvalue weighted by Crippen LogP contribution is -2.15. The number of carbonyl (C=O) groups excluding carboxylic acids is 1. The Hall–Kier alpha value is -2.96. The van der Waals surface area contributed by atoms with Gasteiger partial charge in [-0.25, -0.2) is 5.10 Å². The van der Waals surface area contributed by atoms with Gasteiger partial charge < -0.3 is 9.26 Å². The molecule has 1 N–H and O–H groups in total. The summed E-state index contributed by atoms with van der Waals surface area (Å²) in [6.07, 6.45) is -0.0336. The average Bonchev–Trinajstić information content (AvgIpc) is 2.94. The second-order valence-electron chi connectivity index (χ2n) is 4.81. The van der Waals surface area contributed by atoms with Crippen LogP contribution in [-0.4, -0.2) is 21.3 Å². The number of hydrogen-bond acceptors (Lipinski definition) is 6. The second kappa shape index (κ2) is 5.80. The number of benzene rings is 1. The third-order valence-electron chi connectivity index (χ3n) is 3.14. The zero-order chi connectivity index (χ0) is 15.5. The van der Waals surface area contributed by atoms with Crippen LogP contribution in [0.3, 0.4) is 0 Å². The number of H-pyrrole nitrogens is 1. The van der Waals surface area contributed by atoms with E-state index in [9.17, 15) is 9.59 Å². The second-order valence-corrected chi connectivity index (χ2v) is 4.81. The number of aromatic nitrogens is 3. The van der Waals surface area contributed by atoms with E-state index in [1.54, 1.807) is 37.3 Å². The summed E-state index contributed by atoms with van der Waals surface area (Å²) in [4.78, 5) is 23.6. The van der Waals surface area contributed by atoms with Crippen LogP contribution in [0.4, 0.5) is 0 Å². The zero-order valence-electron chi connectivity index (χ0n) is 11.8. The predicted octanol–water partition coefficient (Wildman–Crippen LogP) is 1.51. The molecule has 3 aromatic rings. The van der Waals surface area contributed by atoms with Gasteiger partial charge in [0.1, 0.15) is 18.1 Å². The predicted molar refractivity (Wildman–Crippen MR) is 77.1 cm³/mol. The van der Waals surface area contributed by atoms with Crippen molar-refractivity contribution < 1.29 is 14.1 Å². The van der Waals surface area contributed by atoms with Crippen LogP contribution >= 0.6 is 0 Å². The Labute approximate surface area is 124 Å². The van der Waals surface area contributed by atoms with E-state index in [1.165, 1.54) is 0 Å². The first-order chi connectivity index (χ1) is 10.6. The molecule has 2 heterocycles. The molecule has 0 aliphatic carbocycles. The molecule has 7 nitrogen and oxygen atoms in total. The molecule has 7 heteroatoms. The summed E-state index contributed by atoms with van der Waals surface area (Å²) < 4.78 is 10.0. The topological polar surface area (TPSA) is 98.1 Å². The van der Waals surface area contributed by atoms with Crippen molar-refractivity contribution in [3.05, 3.63) is 57.8 Å². The highest BCUT2D eigenvalue weighted by Gasteiger charge is 2.12. The van der Waals surface area contributed by atoms with Gasteiger partial charge in [-0.1, -0.05) is 23.4 Å². The molecule has 0 unspecified atom stereocenters. The lowest BCUT2D eigenvalue weighted by molar-refractivity contribution is -0.144. The first-order valence-corrected chi connectivity index (χ1v) is 6.67. The number of esters is 1. The minimum Gasteiger partial charge on any atom is -0.459 e. The SMILES string of the molecule is Cc1cc(COC(=O)Cc2n[nH]c(=O)c3ccccc23)no1. The Morgan fingerprint density at radius 3 is 2.82 bits per heavy atom. The lowest BCUT2D eigenvalue weighted by Gasteiger charge is -2.05. The molecule has 112 valence electrons. The Kier molecular flexibility index (Phi) is 3.69. The molecule has 0 aliphatic rings. The van der Waals surface area contributed by atoms with E-state index in [2.05, 4.69) is 15.4 Å². The molecule has 0 amide bonds. The summed E-state index contributed by atoms with van der Waals surface area (Å²) in [7, 11) is 0. The van der Waals surface area contributed by atoms with Crippen molar-refractivity contribution >= 4 is 16.7 Å². The number of hydrogen-bond donors (Lipinski definition) is 1. The van der Waals surface area contributed by atoms with E-state index in [0.717, 1.165) is 0 Å². The number of aryl methyl sites for hydroxylation is 1. The van der Waals surface area contributed by atoms with Crippen LogP contribution in [0.5, 0.6) is 0 Å². The fourth-order valence-corrected chi connectivity index (χ4v) is 2.13. The largest absolute Gasteiger partial charge is 0.459 e. The first kappa shape index (κ1) is 14.0. The molecule has 0 aliphatic heterocycles. The standard InChI is InChI=1S/C15H13N3O4/c1-9-6-10(18-22-9)8-21-14(19)7-13-11-4-2-3-5-12(11)15(20)17-16-13/h2-6H,7-8H2,1H3,(H,17,20). The van der Waals surface area contributed by atoms with E-state index >= 15 is 0 Å². The van der Waals surface area contributed by atoms with Crippen LogP contribution in [0.1, 0.15) is 17.1 Å². The van der Waals surface area contributed by atoms with Crippen LogP contribution in [0.25, 0.3) is 10.8 Å². The maximum atomic E-state index is 11.9. The van der Waals surface area contributed by atoms with Gasteiger partial charge in [-0.05, 0) is 13.0 Å². The van der Waals surface area contributed by atoms with Gasteiger partial charge in [0.05, 0.1) is 17.5 Å². The van der Waals surface area contributed by atoms with Crippen LogP contribution < -0.4 is 5.56 Å². The highest BCUT2D eigenvalue weighted by atomic mass is 16.5. The van der Waals surface area contributed by atoms with E-state index in [1.807, 2.05) is 0 Å². The molecule has 2 aromatic heterocycles. The van der Waals surface area contributed by atoms with Gasteiger partial charge in [0.2, 0.25) is 0 Å². The van der Waals surface area contributed by atoms with Gasteiger partial charge >= 0.3 is 5.97 Å². The molecule has 0 fully saturated rings. The highest BCUT2D eigenvalue weighted by Crippen LogP contribution is 2.13. The van der Waals surface area contributed by atoms with Crippen LogP contribution in [0, 0.1) is 6.92 Å². The van der Waals surface area contributed by atoms with Gasteiger partial charge in [-0.3, -0.25) is 9.59 Å². The maximum Gasteiger partial charge on any atom is 0.312 e. The van der Waals surface area contributed by atoms with Gasteiger partial charge in [0.25, 0.3) is 5.56 Å². The van der Waals surface area contributed by atoms with E-state index in [-0.39, 0.29) is 18.6 Å². The average molecular weight is 299 g/mol. The summed E-state index contributed by atoms with van der Waals surface area (Å²) >= 11 is 0. The Bertz CT molecular complexity index is 882. The number of nitrogens with zero attached hydrogens (tertiary/aromatic N) is 2. The van der Waals surface area contributed by atoms with Crippen molar-refractivity contribution in [3.8, 4) is 0 Å². The van der Waals surface area contributed by atoms with Crippen molar-refractivity contribution in [1.29, 1.82) is 0 Å². The molecule has 0 bridgehead atoms. The number of fused-ring (bicyclic) bond motifs is 1. The normalized spacial score (nSPS) is 10.8. The molecule has 22 heavy (non-hydrogen) atoms. The van der Waals surface area contributed by atoms with Gasteiger partial charge in [-0.2, -0.15) is 5.10 Å². The molecular formula is C15H13N3O4. The summed E-state index contributed by atoms with van der Waals surface area (Å²) in [5.41, 5.74) is 0.729. The summed E-state index contributed by atoms with van der Waals surface area (Å²) in [5, 5.41) is 11.2. The third-order valence-corrected chi connectivity index (χ3v) is 3.14. The Morgan fingerprint density at radius 2 is 2.09 bits per heavy atom. The summed E-state index contributed by atoms with van der Waals surface area (Å²) in [6.45, 7) is 1.80. The fraction of sp³-hybridized carbons (Fsp3) is 0.200. The maximum absolute atomic E-state index is 11.9. The quantitative estimate of drug-likeness (QED) is 0.733. The number of nitrogens with one attached hydrogen (secondary N) is 1. The van der Waals surface area contributed by atoms with Crippen molar-refractivity contribution in [3.63, 3.8) is 0 Å². The minimum atomic E-state index is -0.453. The van der Waals surface area contributed by atoms with Crippen molar-refractivity contribution in [2.75, 3.05) is 0 Å². The third kappa shape index (κ3) is 2.88. The highest BCUT2D eigenvalue weighted by molar-refractivity contribution is 5.86. The van der Waals surface area contributed by atoms with Crippen LogP contribution in [-0.2, 0) is 22.6 Å². The molecule has 0 saturated carbocycles. The Balaban J connectivity index is 1.74. The fourth-order valence-electron chi connectivity index (χ4n) is 2.13. The van der Waals surface area contributed by atoms with E-state index in [4.69, 9.17) is 9.26 Å². The smallest absolute Gasteiger partial charge is 0.312 e. The summed E-state index contributed by atoms with van der Waals surface area (Å²) in [6, 6.07) is 8.67. The molecule has 1 aromatic carbocycles. The first-order valence-electron chi connectivity index (χ1n) is 6.67. The van der Waals surface area contributed by atoms with Crippen molar-refractivity contribution in [2.24, 2.45) is 0 Å². The molecule has 0 atom stereocenters. The lowest BCUT2D eigenvalue weighted by atomic mass is 10.1. The van der Waals surface area contributed by atoms with Crippen molar-refractivity contribution in [1.82, 2.24) is 15.4 Å². The van der Waals surface area contributed by atoms with Crippen LogP contribution in [0.15, 0.2) is 39.6 Å². The number of ether oxygens (including phenoxy) is 1. The van der Waals surface area contributed by atoms with Gasteiger partial charge in [-0.15, -0.1) is 0 Å². The minimum absolute atomic E-state index is 0.0336. The summed E-state index contributed by atoms with van der Waals surface area (Å²) in [5.74, 6) is 0.199. The molecule has 3 rings (SSSR count). The molecule has 0 radical (unpaired) electrons. The van der Waals surface area contributed by atoms with E-state index in [0.29, 0.717) is 27.9 Å². The Morgan fingerprint density at radius 1 is 1.32 bits per heavy atom.